The molecule has 1 aromatic rings. The van der Waals surface area contributed by atoms with E-state index in [9.17, 15) is 4.79 Å². The van der Waals surface area contributed by atoms with Gasteiger partial charge in [-0.15, -0.1) is 0 Å². The number of carbonyl (C=O) groups is 1. The van der Waals surface area contributed by atoms with Crippen molar-refractivity contribution in [2.24, 2.45) is 5.73 Å². The normalized spacial score (nSPS) is 20.2. The molecule has 21 heavy (non-hydrogen) atoms. The van der Waals surface area contributed by atoms with Gasteiger partial charge < -0.3 is 16.0 Å². The molecule has 0 aromatic heterocycles. The smallest absolute Gasteiger partial charge is 0.238 e. The zero-order valence-corrected chi connectivity index (χ0v) is 13.3. The van der Waals surface area contributed by atoms with E-state index in [2.05, 4.69) is 29.1 Å². The second kappa shape index (κ2) is 6.98. The number of para-hydroxylation sites is 1. The van der Waals surface area contributed by atoms with E-state index in [1.54, 1.807) is 0 Å². The molecule has 114 valence electrons. The topological polar surface area (TPSA) is 61.6 Å². The van der Waals surface area contributed by atoms with E-state index in [4.69, 9.17) is 18.0 Å². The highest BCUT2D eigenvalue weighted by Crippen LogP contribution is 2.15. The maximum atomic E-state index is 12.2. The molecule has 1 amide bonds. The lowest BCUT2D eigenvalue weighted by Crippen LogP contribution is -2.52. The Bertz CT molecular complexity index is 534. The van der Waals surface area contributed by atoms with Gasteiger partial charge in [0.2, 0.25) is 5.91 Å². The molecule has 1 heterocycles. The van der Waals surface area contributed by atoms with Crippen LogP contribution in [0.1, 0.15) is 12.5 Å². The van der Waals surface area contributed by atoms with Crippen LogP contribution in [-0.4, -0.2) is 60.0 Å². The summed E-state index contributed by atoms with van der Waals surface area (Å²) in [5.74, 6) is -0.0323. The molecule has 0 spiro atoms. The molecule has 0 aliphatic carbocycles. The van der Waals surface area contributed by atoms with Crippen molar-refractivity contribution in [3.63, 3.8) is 0 Å². The van der Waals surface area contributed by atoms with Gasteiger partial charge in [-0.3, -0.25) is 9.69 Å². The first-order valence-corrected chi connectivity index (χ1v) is 7.49. The van der Waals surface area contributed by atoms with Crippen LogP contribution in [-0.2, 0) is 4.79 Å². The summed E-state index contributed by atoms with van der Waals surface area (Å²) in [5.41, 5.74) is 7.05. The number of nitrogens with one attached hydrogen (secondary N) is 1. The molecule has 3 N–H and O–H groups in total. The molecule has 2 rings (SSSR count). The molecule has 1 fully saturated rings. The Morgan fingerprint density at radius 1 is 1.43 bits per heavy atom. The second-order valence-corrected chi connectivity index (χ2v) is 5.98. The van der Waals surface area contributed by atoms with Crippen LogP contribution in [0.5, 0.6) is 0 Å². The van der Waals surface area contributed by atoms with Crippen LogP contribution >= 0.6 is 12.2 Å². The summed E-state index contributed by atoms with van der Waals surface area (Å²) in [7, 11) is 2.10. The summed E-state index contributed by atoms with van der Waals surface area (Å²) < 4.78 is 0. The summed E-state index contributed by atoms with van der Waals surface area (Å²) >= 11 is 5.01. The average Bonchev–Trinajstić information content (AvgIpc) is 2.42. The fourth-order valence-corrected chi connectivity index (χ4v) is 2.77. The number of carbonyl (C=O) groups excluding carboxylic acids is 1. The Hall–Kier alpha value is -1.50. The first kappa shape index (κ1) is 15.9. The number of rotatable bonds is 4. The summed E-state index contributed by atoms with van der Waals surface area (Å²) in [6.07, 6.45) is 0. The highest BCUT2D eigenvalue weighted by molar-refractivity contribution is 7.80. The van der Waals surface area contributed by atoms with Gasteiger partial charge in [-0.1, -0.05) is 24.4 Å². The van der Waals surface area contributed by atoms with E-state index < -0.39 is 0 Å². The van der Waals surface area contributed by atoms with Crippen molar-refractivity contribution >= 4 is 28.8 Å². The minimum atomic E-state index is -0.0323. The zero-order chi connectivity index (χ0) is 15.4. The van der Waals surface area contributed by atoms with Crippen molar-refractivity contribution < 1.29 is 4.79 Å². The van der Waals surface area contributed by atoms with Crippen molar-refractivity contribution in [1.29, 1.82) is 0 Å². The van der Waals surface area contributed by atoms with E-state index in [-0.39, 0.29) is 5.91 Å². The van der Waals surface area contributed by atoms with E-state index in [0.29, 0.717) is 28.8 Å². The molecule has 6 heteroatoms. The summed E-state index contributed by atoms with van der Waals surface area (Å²) in [6.45, 7) is 5.41. The number of anilines is 1. The number of likely N-dealkylation sites (N-methyl/N-ethyl adjacent to an activating group) is 1. The lowest BCUT2D eigenvalue weighted by molar-refractivity contribution is -0.118. The van der Waals surface area contributed by atoms with Gasteiger partial charge in [0, 0.05) is 31.2 Å². The van der Waals surface area contributed by atoms with E-state index in [1.807, 2.05) is 24.3 Å². The Morgan fingerprint density at radius 3 is 2.81 bits per heavy atom. The van der Waals surface area contributed by atoms with Gasteiger partial charge in [-0.05, 0) is 26.1 Å². The third-order valence-electron chi connectivity index (χ3n) is 3.78. The van der Waals surface area contributed by atoms with E-state index in [0.717, 1.165) is 19.6 Å². The summed E-state index contributed by atoms with van der Waals surface area (Å²) in [6, 6.07) is 7.72. The van der Waals surface area contributed by atoms with Crippen molar-refractivity contribution in [3.8, 4) is 0 Å². The zero-order valence-electron chi connectivity index (χ0n) is 12.5. The third kappa shape index (κ3) is 4.23. The highest BCUT2D eigenvalue weighted by Gasteiger charge is 2.23. The van der Waals surface area contributed by atoms with Crippen LogP contribution in [0.3, 0.4) is 0 Å². The molecule has 1 saturated heterocycles. The van der Waals surface area contributed by atoms with Crippen LogP contribution < -0.4 is 11.1 Å². The third-order valence-corrected chi connectivity index (χ3v) is 4.00. The number of hydrogen-bond acceptors (Lipinski definition) is 4. The van der Waals surface area contributed by atoms with E-state index >= 15 is 0 Å². The van der Waals surface area contributed by atoms with Gasteiger partial charge in [-0.2, -0.15) is 0 Å². The molecule has 0 bridgehead atoms. The monoisotopic (exact) mass is 306 g/mol. The van der Waals surface area contributed by atoms with Crippen molar-refractivity contribution in [2.75, 3.05) is 38.5 Å². The minimum Gasteiger partial charge on any atom is -0.389 e. The number of hydrogen-bond donors (Lipinski definition) is 2. The van der Waals surface area contributed by atoms with Crippen LogP contribution in [0.25, 0.3) is 0 Å². The highest BCUT2D eigenvalue weighted by atomic mass is 32.1. The molecule has 1 aliphatic heterocycles. The Kier molecular flexibility index (Phi) is 5.27. The van der Waals surface area contributed by atoms with Gasteiger partial charge in [0.05, 0.1) is 12.2 Å². The van der Waals surface area contributed by atoms with Crippen molar-refractivity contribution in [3.05, 3.63) is 29.8 Å². The number of piperazine rings is 1. The molecular weight excluding hydrogens is 284 g/mol. The van der Waals surface area contributed by atoms with Crippen LogP contribution in [0.4, 0.5) is 5.69 Å². The molecule has 0 radical (unpaired) electrons. The molecule has 1 aliphatic rings. The van der Waals surface area contributed by atoms with Crippen LogP contribution in [0, 0.1) is 0 Å². The lowest BCUT2D eigenvalue weighted by Gasteiger charge is -2.37. The SMILES string of the molecule is CC1CN(C)CCN1CC(=O)Nc1ccccc1C(N)=S. The second-order valence-electron chi connectivity index (χ2n) is 5.54. The fourth-order valence-electron chi connectivity index (χ4n) is 2.59. The van der Waals surface area contributed by atoms with Crippen molar-refractivity contribution in [1.82, 2.24) is 9.80 Å². The summed E-state index contributed by atoms with van der Waals surface area (Å²) in [4.78, 5) is 17.0. The first-order valence-electron chi connectivity index (χ1n) is 7.08. The minimum absolute atomic E-state index is 0.0323. The lowest BCUT2D eigenvalue weighted by atomic mass is 10.1. The van der Waals surface area contributed by atoms with Gasteiger partial charge in [0.1, 0.15) is 4.99 Å². The molecule has 1 unspecified atom stereocenters. The van der Waals surface area contributed by atoms with Gasteiger partial charge in [0.25, 0.3) is 0 Å². The average molecular weight is 306 g/mol. The first-order chi connectivity index (χ1) is 9.97. The number of nitrogens with two attached hydrogens (primary N) is 1. The predicted octanol–water partition coefficient (Wildman–Crippen LogP) is 0.895. The molecule has 1 aromatic carbocycles. The summed E-state index contributed by atoms with van der Waals surface area (Å²) in [5, 5.41) is 2.91. The van der Waals surface area contributed by atoms with E-state index in [1.165, 1.54) is 0 Å². The Labute approximate surface area is 131 Å². The standard InChI is InChI=1S/C15H22N4OS/c1-11-9-18(2)7-8-19(11)10-14(20)17-13-6-4-3-5-12(13)15(16)21/h3-6,11H,7-10H2,1-2H3,(H2,16,21)(H,17,20). The predicted molar refractivity (Wildman–Crippen MR) is 89.5 cm³/mol. The quantitative estimate of drug-likeness (QED) is 0.809. The van der Waals surface area contributed by atoms with Gasteiger partial charge in [-0.25, -0.2) is 0 Å². The number of nitrogens with zero attached hydrogens (tertiary/aromatic N) is 2. The molecule has 0 saturated carbocycles. The number of amides is 1. The Balaban J connectivity index is 1.98. The maximum Gasteiger partial charge on any atom is 0.238 e. The van der Waals surface area contributed by atoms with Crippen LogP contribution in [0.15, 0.2) is 24.3 Å². The molecule has 5 nitrogen and oxygen atoms in total. The molecular formula is C15H22N4OS. The van der Waals surface area contributed by atoms with Gasteiger partial charge >= 0.3 is 0 Å². The number of benzene rings is 1. The van der Waals surface area contributed by atoms with Crippen LogP contribution in [0.2, 0.25) is 0 Å². The Morgan fingerprint density at radius 2 is 2.14 bits per heavy atom. The van der Waals surface area contributed by atoms with Crippen molar-refractivity contribution in [2.45, 2.75) is 13.0 Å². The molecule has 1 atom stereocenters. The largest absolute Gasteiger partial charge is 0.389 e. The maximum absolute atomic E-state index is 12.2. The van der Waals surface area contributed by atoms with Gasteiger partial charge in [0.15, 0.2) is 0 Å². The fraction of sp³-hybridized carbons (Fsp3) is 0.467. The number of thiocarbonyl (C=S) groups is 1.